The standard InChI is InChI=1S/C15H18F2N2O3/c16-13(17)12-2-1-10(8-18-12)11-7-15(22-9-11)3-5-19(6-4-15)14(20)21/h1-2,8,11,13H,3-7,9H2,(H,20,21). The Kier molecular flexibility index (Phi) is 3.99. The third-order valence-electron chi connectivity index (χ3n) is 4.66. The number of alkyl halides is 2. The SMILES string of the molecule is O=C(O)N1CCC2(CC1)CC(c1ccc(C(F)F)nc1)CO2. The molecular formula is C15H18F2N2O3. The van der Waals surface area contributed by atoms with Crippen LogP contribution in [0.4, 0.5) is 13.6 Å². The molecule has 1 N–H and O–H groups in total. The number of hydrogen-bond acceptors (Lipinski definition) is 3. The van der Waals surface area contributed by atoms with Gasteiger partial charge in [-0.1, -0.05) is 6.07 Å². The van der Waals surface area contributed by atoms with Gasteiger partial charge in [0.25, 0.3) is 6.43 Å². The number of amides is 1. The van der Waals surface area contributed by atoms with E-state index >= 15 is 0 Å². The third-order valence-corrected chi connectivity index (χ3v) is 4.66. The number of piperidine rings is 1. The van der Waals surface area contributed by atoms with Crippen LogP contribution in [0.1, 0.15) is 42.9 Å². The van der Waals surface area contributed by atoms with E-state index in [1.165, 1.54) is 17.2 Å². The Morgan fingerprint density at radius 1 is 1.41 bits per heavy atom. The highest BCUT2D eigenvalue weighted by molar-refractivity contribution is 5.65. The lowest BCUT2D eigenvalue weighted by Gasteiger charge is -2.37. The van der Waals surface area contributed by atoms with Gasteiger partial charge in [0.2, 0.25) is 0 Å². The van der Waals surface area contributed by atoms with E-state index in [1.54, 1.807) is 6.07 Å². The minimum atomic E-state index is -2.56. The van der Waals surface area contributed by atoms with E-state index in [0.717, 1.165) is 12.0 Å². The summed E-state index contributed by atoms with van der Waals surface area (Å²) < 4.78 is 31.0. The molecule has 1 amide bonds. The number of pyridine rings is 1. The van der Waals surface area contributed by atoms with Crippen molar-refractivity contribution < 1.29 is 23.4 Å². The van der Waals surface area contributed by atoms with Crippen LogP contribution in [0, 0.1) is 0 Å². The Hall–Kier alpha value is -1.76. The van der Waals surface area contributed by atoms with E-state index in [9.17, 15) is 13.6 Å². The van der Waals surface area contributed by atoms with Gasteiger partial charge in [0.15, 0.2) is 0 Å². The van der Waals surface area contributed by atoms with Gasteiger partial charge in [0, 0.05) is 25.2 Å². The fourth-order valence-electron chi connectivity index (χ4n) is 3.30. The third kappa shape index (κ3) is 2.90. The van der Waals surface area contributed by atoms with Crippen LogP contribution in [-0.2, 0) is 4.74 Å². The molecule has 7 heteroatoms. The molecule has 3 rings (SSSR count). The number of carboxylic acid groups (broad SMARTS) is 1. The van der Waals surface area contributed by atoms with Crippen LogP contribution in [0.3, 0.4) is 0 Å². The summed E-state index contributed by atoms with van der Waals surface area (Å²) in [6.45, 7) is 1.48. The maximum Gasteiger partial charge on any atom is 0.407 e. The average Bonchev–Trinajstić information content (AvgIpc) is 2.91. The number of nitrogens with zero attached hydrogens (tertiary/aromatic N) is 2. The zero-order chi connectivity index (χ0) is 15.7. The predicted molar refractivity (Wildman–Crippen MR) is 74.1 cm³/mol. The maximum absolute atomic E-state index is 12.5. The summed E-state index contributed by atoms with van der Waals surface area (Å²) in [5.41, 5.74) is 0.409. The normalized spacial score (nSPS) is 24.1. The lowest BCUT2D eigenvalue weighted by molar-refractivity contribution is -0.0394. The monoisotopic (exact) mass is 312 g/mol. The largest absolute Gasteiger partial charge is 0.465 e. The van der Waals surface area contributed by atoms with Crippen LogP contribution < -0.4 is 0 Å². The molecule has 1 aromatic rings. The number of likely N-dealkylation sites (tertiary alicyclic amines) is 1. The van der Waals surface area contributed by atoms with Crippen molar-refractivity contribution in [2.75, 3.05) is 19.7 Å². The average molecular weight is 312 g/mol. The Labute approximate surface area is 126 Å². The highest BCUT2D eigenvalue weighted by Gasteiger charge is 2.43. The summed E-state index contributed by atoms with van der Waals surface area (Å²) in [5.74, 6) is 0.135. The predicted octanol–water partition coefficient (Wildman–Crippen LogP) is 3.04. The molecule has 2 aliphatic heterocycles. The molecule has 22 heavy (non-hydrogen) atoms. The highest BCUT2D eigenvalue weighted by atomic mass is 19.3. The molecule has 2 saturated heterocycles. The van der Waals surface area contributed by atoms with Crippen LogP contribution >= 0.6 is 0 Å². The zero-order valence-electron chi connectivity index (χ0n) is 12.0. The van der Waals surface area contributed by atoms with Crippen LogP contribution in [0.2, 0.25) is 0 Å². The Morgan fingerprint density at radius 3 is 2.68 bits per heavy atom. The van der Waals surface area contributed by atoms with Gasteiger partial charge in [0.05, 0.1) is 12.2 Å². The lowest BCUT2D eigenvalue weighted by atomic mass is 9.83. The molecule has 2 aliphatic rings. The molecule has 0 bridgehead atoms. The van der Waals surface area contributed by atoms with Gasteiger partial charge < -0.3 is 14.7 Å². The Bertz CT molecular complexity index is 542. The fourth-order valence-corrected chi connectivity index (χ4v) is 3.30. The van der Waals surface area contributed by atoms with Crippen LogP contribution in [0.15, 0.2) is 18.3 Å². The Balaban J connectivity index is 1.64. The summed E-state index contributed by atoms with van der Waals surface area (Å²) in [7, 11) is 0. The molecule has 1 spiro atoms. The van der Waals surface area contributed by atoms with Crippen molar-refractivity contribution in [3.05, 3.63) is 29.6 Å². The number of rotatable bonds is 2. The minimum absolute atomic E-state index is 0.135. The van der Waals surface area contributed by atoms with Gasteiger partial charge in [-0.05, 0) is 30.9 Å². The highest BCUT2D eigenvalue weighted by Crippen LogP contribution is 2.42. The summed E-state index contributed by atoms with van der Waals surface area (Å²) >= 11 is 0. The number of hydrogen-bond donors (Lipinski definition) is 1. The zero-order valence-corrected chi connectivity index (χ0v) is 12.0. The van der Waals surface area contributed by atoms with Crippen molar-refractivity contribution in [3.63, 3.8) is 0 Å². The van der Waals surface area contributed by atoms with Crippen molar-refractivity contribution in [1.29, 1.82) is 0 Å². The molecule has 1 aromatic heterocycles. The van der Waals surface area contributed by atoms with Gasteiger partial charge in [-0.15, -0.1) is 0 Å². The Morgan fingerprint density at radius 2 is 2.14 bits per heavy atom. The second-order valence-corrected chi connectivity index (χ2v) is 5.98. The molecule has 1 atom stereocenters. The van der Waals surface area contributed by atoms with Crippen LogP contribution in [0.25, 0.3) is 0 Å². The number of ether oxygens (including phenoxy) is 1. The summed E-state index contributed by atoms with van der Waals surface area (Å²) in [5, 5.41) is 8.99. The van der Waals surface area contributed by atoms with Crippen molar-refractivity contribution in [1.82, 2.24) is 9.88 Å². The second kappa shape index (κ2) is 5.79. The van der Waals surface area contributed by atoms with E-state index in [0.29, 0.717) is 32.5 Å². The van der Waals surface area contributed by atoms with Gasteiger partial charge in [-0.2, -0.15) is 0 Å². The molecule has 0 aromatic carbocycles. The summed E-state index contributed by atoms with van der Waals surface area (Å²) in [4.78, 5) is 16.1. The topological polar surface area (TPSA) is 62.7 Å². The first kappa shape index (κ1) is 15.1. The van der Waals surface area contributed by atoms with Gasteiger partial charge in [-0.25, -0.2) is 13.6 Å². The summed E-state index contributed by atoms with van der Waals surface area (Å²) in [6, 6.07) is 3.05. The van der Waals surface area contributed by atoms with Crippen LogP contribution in [0.5, 0.6) is 0 Å². The first-order valence-electron chi connectivity index (χ1n) is 7.35. The molecule has 2 fully saturated rings. The fraction of sp³-hybridized carbons (Fsp3) is 0.600. The molecule has 5 nitrogen and oxygen atoms in total. The maximum atomic E-state index is 12.5. The smallest absolute Gasteiger partial charge is 0.407 e. The van der Waals surface area contributed by atoms with Crippen molar-refractivity contribution in [2.24, 2.45) is 0 Å². The first-order chi connectivity index (χ1) is 10.5. The minimum Gasteiger partial charge on any atom is -0.465 e. The lowest BCUT2D eigenvalue weighted by Crippen LogP contribution is -2.45. The summed E-state index contributed by atoms with van der Waals surface area (Å²) in [6.07, 6.45) is 0.199. The number of aromatic nitrogens is 1. The van der Waals surface area contributed by atoms with Crippen molar-refractivity contribution >= 4 is 6.09 Å². The van der Waals surface area contributed by atoms with Gasteiger partial charge in [-0.3, -0.25) is 4.98 Å². The van der Waals surface area contributed by atoms with E-state index in [1.807, 2.05) is 0 Å². The molecular weight excluding hydrogens is 294 g/mol. The van der Waals surface area contributed by atoms with Crippen molar-refractivity contribution in [2.45, 2.75) is 37.2 Å². The van der Waals surface area contributed by atoms with E-state index in [2.05, 4.69) is 4.98 Å². The molecule has 0 radical (unpaired) electrons. The van der Waals surface area contributed by atoms with Gasteiger partial charge >= 0.3 is 6.09 Å². The quantitative estimate of drug-likeness (QED) is 0.912. The molecule has 0 saturated carbocycles. The van der Waals surface area contributed by atoms with E-state index in [4.69, 9.17) is 9.84 Å². The van der Waals surface area contributed by atoms with E-state index in [-0.39, 0.29) is 17.2 Å². The molecule has 120 valence electrons. The second-order valence-electron chi connectivity index (χ2n) is 5.98. The molecule has 0 aliphatic carbocycles. The van der Waals surface area contributed by atoms with Crippen LogP contribution in [-0.4, -0.2) is 46.4 Å². The van der Waals surface area contributed by atoms with Gasteiger partial charge in [0.1, 0.15) is 5.69 Å². The number of halogens is 2. The van der Waals surface area contributed by atoms with Crippen molar-refractivity contribution in [3.8, 4) is 0 Å². The van der Waals surface area contributed by atoms with E-state index < -0.39 is 12.5 Å². The molecule has 3 heterocycles. The first-order valence-corrected chi connectivity index (χ1v) is 7.35. The number of carbonyl (C=O) groups is 1. The molecule has 1 unspecified atom stereocenters.